The zero-order valence-corrected chi connectivity index (χ0v) is 31.8. The summed E-state index contributed by atoms with van der Waals surface area (Å²) in [6.07, 6.45) is 33.4. The smallest absolute Gasteiger partial charge is 0.306 e. The molecule has 0 unspecified atom stereocenters. The van der Waals surface area contributed by atoms with Gasteiger partial charge in [-0.05, 0) is 19.8 Å². The maximum Gasteiger partial charge on any atom is 0.306 e. The number of hydrogen-bond acceptors (Lipinski definition) is 6. The molecule has 6 heteroatoms. The Kier molecular flexibility index (Phi) is 34.5. The quantitative estimate of drug-likeness (QED) is 0.0489. The van der Waals surface area contributed by atoms with E-state index >= 15 is 0 Å². The number of ketones is 1. The summed E-state index contributed by atoms with van der Waals surface area (Å²) in [5.41, 5.74) is 0. The molecule has 0 aliphatic rings. The lowest BCUT2D eigenvalue weighted by Crippen LogP contribution is -2.28. The standard InChI is InChI=1S/C40H76O5S/c1-5-7-9-11-13-15-17-19-21-23-25-27-29-31-39(42)44-33-38(35-46-34-36(3)37(4)41)45-40(43)32-30-28-26-24-22-20-18-16-14-12-10-8-6-2/h36,38H,5-35H2,1-4H3/t36-,38-/m0/s1. The van der Waals surface area contributed by atoms with E-state index < -0.39 is 6.10 Å². The topological polar surface area (TPSA) is 69.7 Å². The Labute approximate surface area is 290 Å². The van der Waals surface area contributed by atoms with Gasteiger partial charge in [0.05, 0.1) is 0 Å². The van der Waals surface area contributed by atoms with Gasteiger partial charge in [-0.1, -0.05) is 175 Å². The molecule has 0 rings (SSSR count). The van der Waals surface area contributed by atoms with E-state index in [-0.39, 0.29) is 30.2 Å². The second kappa shape index (κ2) is 35.3. The second-order valence-electron chi connectivity index (χ2n) is 13.8. The molecule has 0 heterocycles. The highest BCUT2D eigenvalue weighted by atomic mass is 32.2. The molecule has 0 N–H and O–H groups in total. The van der Waals surface area contributed by atoms with Crippen LogP contribution < -0.4 is 0 Å². The monoisotopic (exact) mass is 669 g/mol. The Morgan fingerprint density at radius 2 is 0.848 bits per heavy atom. The van der Waals surface area contributed by atoms with Crippen molar-refractivity contribution in [2.24, 2.45) is 5.92 Å². The molecule has 0 fully saturated rings. The van der Waals surface area contributed by atoms with Gasteiger partial charge in [0.2, 0.25) is 0 Å². The van der Waals surface area contributed by atoms with E-state index in [0.717, 1.165) is 25.7 Å². The van der Waals surface area contributed by atoms with Crippen LogP contribution in [0.25, 0.3) is 0 Å². The first-order chi connectivity index (χ1) is 22.4. The van der Waals surface area contributed by atoms with Crippen molar-refractivity contribution in [1.82, 2.24) is 0 Å². The zero-order chi connectivity index (χ0) is 33.9. The predicted octanol–water partition coefficient (Wildman–Crippen LogP) is 12.4. The van der Waals surface area contributed by atoms with Crippen molar-refractivity contribution in [3.8, 4) is 0 Å². The van der Waals surface area contributed by atoms with Gasteiger partial charge in [-0.3, -0.25) is 14.4 Å². The number of Topliss-reactive ketones (excluding diaryl/α,β-unsaturated/α-hetero) is 1. The van der Waals surface area contributed by atoms with Gasteiger partial charge in [0, 0.05) is 30.3 Å². The third-order valence-corrected chi connectivity index (χ3v) is 10.4. The minimum Gasteiger partial charge on any atom is -0.462 e. The van der Waals surface area contributed by atoms with Crippen molar-refractivity contribution in [2.45, 2.75) is 214 Å². The fraction of sp³-hybridized carbons (Fsp3) is 0.925. The van der Waals surface area contributed by atoms with E-state index in [0.29, 0.717) is 24.3 Å². The van der Waals surface area contributed by atoms with E-state index in [2.05, 4.69) is 13.8 Å². The number of hydrogen-bond donors (Lipinski definition) is 0. The molecular weight excluding hydrogens is 593 g/mol. The fourth-order valence-corrected chi connectivity index (χ4v) is 6.84. The molecule has 0 aromatic rings. The van der Waals surface area contributed by atoms with Crippen LogP contribution in [0.15, 0.2) is 0 Å². The van der Waals surface area contributed by atoms with Gasteiger partial charge in [0.15, 0.2) is 0 Å². The highest BCUT2D eigenvalue weighted by Gasteiger charge is 2.18. The Bertz CT molecular complexity index is 697. The molecule has 0 radical (unpaired) electrons. The summed E-state index contributed by atoms with van der Waals surface area (Å²) in [6.45, 7) is 8.15. The first-order valence-electron chi connectivity index (χ1n) is 19.8. The Balaban J connectivity index is 4.06. The molecule has 46 heavy (non-hydrogen) atoms. The predicted molar refractivity (Wildman–Crippen MR) is 199 cm³/mol. The van der Waals surface area contributed by atoms with Crippen molar-refractivity contribution in [1.29, 1.82) is 0 Å². The highest BCUT2D eigenvalue weighted by molar-refractivity contribution is 7.99. The van der Waals surface area contributed by atoms with Gasteiger partial charge in [-0.15, -0.1) is 0 Å². The molecule has 0 aliphatic heterocycles. The minimum absolute atomic E-state index is 0.0368. The van der Waals surface area contributed by atoms with Crippen molar-refractivity contribution in [2.75, 3.05) is 18.1 Å². The molecule has 0 aromatic heterocycles. The van der Waals surface area contributed by atoms with E-state index in [1.54, 1.807) is 18.7 Å². The van der Waals surface area contributed by atoms with Gasteiger partial charge in [0.1, 0.15) is 18.5 Å². The van der Waals surface area contributed by atoms with E-state index in [4.69, 9.17) is 9.47 Å². The van der Waals surface area contributed by atoms with Crippen LogP contribution in [-0.4, -0.2) is 41.9 Å². The zero-order valence-electron chi connectivity index (χ0n) is 31.0. The van der Waals surface area contributed by atoms with Crippen molar-refractivity contribution >= 4 is 29.5 Å². The molecule has 0 spiro atoms. The molecular formula is C40H76O5S. The van der Waals surface area contributed by atoms with Crippen LogP contribution in [0.4, 0.5) is 0 Å². The maximum atomic E-state index is 12.6. The van der Waals surface area contributed by atoms with Crippen LogP contribution in [0.2, 0.25) is 0 Å². The number of rotatable bonds is 36. The van der Waals surface area contributed by atoms with Gasteiger partial charge in [-0.25, -0.2) is 0 Å². The summed E-state index contributed by atoms with van der Waals surface area (Å²) < 4.78 is 11.3. The summed E-state index contributed by atoms with van der Waals surface area (Å²) in [5.74, 6) is 0.921. The SMILES string of the molecule is CCCCCCCCCCCCCCCC(=O)OC[C@@H](CSC[C@H](C)C(C)=O)OC(=O)CCCCCCCCCCCCCCC. The minimum atomic E-state index is -0.464. The summed E-state index contributed by atoms with van der Waals surface area (Å²) in [5, 5.41) is 0. The normalized spacial score (nSPS) is 12.6. The van der Waals surface area contributed by atoms with Crippen molar-refractivity contribution < 1.29 is 23.9 Å². The summed E-state index contributed by atoms with van der Waals surface area (Å²) in [6, 6.07) is 0. The first-order valence-corrected chi connectivity index (χ1v) is 21.0. The average Bonchev–Trinajstić information content (AvgIpc) is 3.04. The molecule has 0 aromatic carbocycles. The highest BCUT2D eigenvalue weighted by Crippen LogP contribution is 2.17. The van der Waals surface area contributed by atoms with Crippen LogP contribution in [0.5, 0.6) is 0 Å². The second-order valence-corrected chi connectivity index (χ2v) is 14.9. The van der Waals surface area contributed by atoms with Crippen LogP contribution in [0.3, 0.4) is 0 Å². The Morgan fingerprint density at radius 3 is 1.22 bits per heavy atom. The number of esters is 2. The van der Waals surface area contributed by atoms with Crippen LogP contribution in [-0.2, 0) is 23.9 Å². The summed E-state index contributed by atoms with van der Waals surface area (Å²) >= 11 is 1.59. The van der Waals surface area contributed by atoms with Gasteiger partial charge >= 0.3 is 11.9 Å². The van der Waals surface area contributed by atoms with E-state index in [1.165, 1.54) is 141 Å². The number of carbonyl (C=O) groups excluding carboxylic acids is 3. The molecule has 272 valence electrons. The molecule has 0 aliphatic carbocycles. The fourth-order valence-electron chi connectivity index (χ4n) is 5.69. The largest absolute Gasteiger partial charge is 0.462 e. The number of thioether (sulfide) groups is 1. The van der Waals surface area contributed by atoms with Gasteiger partial charge in [0.25, 0.3) is 0 Å². The van der Waals surface area contributed by atoms with E-state index in [9.17, 15) is 14.4 Å². The molecule has 0 bridgehead atoms. The Morgan fingerprint density at radius 1 is 0.500 bits per heavy atom. The number of unbranched alkanes of at least 4 members (excludes halogenated alkanes) is 24. The van der Waals surface area contributed by atoms with Crippen LogP contribution >= 0.6 is 11.8 Å². The lowest BCUT2D eigenvalue weighted by molar-refractivity contribution is -0.157. The lowest BCUT2D eigenvalue weighted by atomic mass is 10.0. The summed E-state index contributed by atoms with van der Waals surface area (Å²) in [7, 11) is 0. The lowest BCUT2D eigenvalue weighted by Gasteiger charge is -2.18. The van der Waals surface area contributed by atoms with Gasteiger partial charge in [-0.2, -0.15) is 11.8 Å². The molecule has 0 saturated carbocycles. The van der Waals surface area contributed by atoms with Crippen LogP contribution in [0, 0.1) is 5.92 Å². The third-order valence-electron chi connectivity index (χ3n) is 9.06. The maximum absolute atomic E-state index is 12.6. The first kappa shape index (κ1) is 45.0. The van der Waals surface area contributed by atoms with Crippen molar-refractivity contribution in [3.63, 3.8) is 0 Å². The molecule has 2 atom stereocenters. The van der Waals surface area contributed by atoms with Gasteiger partial charge < -0.3 is 9.47 Å². The molecule has 0 saturated heterocycles. The Hall–Kier alpha value is -1.04. The van der Waals surface area contributed by atoms with E-state index in [1.807, 2.05) is 6.92 Å². The van der Waals surface area contributed by atoms with Crippen molar-refractivity contribution in [3.05, 3.63) is 0 Å². The van der Waals surface area contributed by atoms with Crippen LogP contribution in [0.1, 0.15) is 207 Å². The molecule has 5 nitrogen and oxygen atoms in total. The average molecular weight is 669 g/mol. The summed E-state index contributed by atoms with van der Waals surface area (Å²) in [4.78, 5) is 36.6. The number of ether oxygens (including phenoxy) is 2. The third kappa shape index (κ3) is 32.9. The molecule has 0 amide bonds. The number of carbonyl (C=O) groups is 3.